The van der Waals surface area contributed by atoms with Crippen molar-refractivity contribution in [3.8, 4) is 0 Å². The molecule has 0 radical (unpaired) electrons. The minimum Gasteiger partial charge on any atom is -0.347 e. The van der Waals surface area contributed by atoms with E-state index >= 15 is 0 Å². The van der Waals surface area contributed by atoms with Crippen LogP contribution in [0.25, 0.3) is 0 Å². The molecule has 26 heavy (non-hydrogen) atoms. The number of aromatic nitrogens is 1. The van der Waals surface area contributed by atoms with Gasteiger partial charge in [-0.1, -0.05) is 48.0 Å². The molecule has 1 heterocycles. The summed E-state index contributed by atoms with van der Waals surface area (Å²) in [4.78, 5) is 28.7. The van der Waals surface area contributed by atoms with E-state index in [0.29, 0.717) is 17.8 Å². The van der Waals surface area contributed by atoms with E-state index < -0.39 is 0 Å². The van der Waals surface area contributed by atoms with Gasteiger partial charge in [-0.2, -0.15) is 0 Å². The summed E-state index contributed by atoms with van der Waals surface area (Å²) in [5.41, 5.74) is 3.45. The van der Waals surface area contributed by atoms with Crippen molar-refractivity contribution in [3.05, 3.63) is 95.3 Å². The maximum atomic E-state index is 12.3. The molecule has 0 spiro atoms. The quantitative estimate of drug-likeness (QED) is 0.742. The Morgan fingerprint density at radius 2 is 1.65 bits per heavy atom. The van der Waals surface area contributed by atoms with Crippen LogP contribution in [0.4, 0.5) is 5.69 Å². The lowest BCUT2D eigenvalue weighted by Crippen LogP contribution is -2.24. The number of rotatable bonds is 5. The lowest BCUT2D eigenvalue weighted by Gasteiger charge is -2.08. The highest BCUT2D eigenvalue weighted by Crippen LogP contribution is 2.10. The minimum absolute atomic E-state index is 0.206. The number of benzene rings is 2. The van der Waals surface area contributed by atoms with Crippen molar-refractivity contribution < 1.29 is 9.59 Å². The molecule has 2 N–H and O–H groups in total. The number of pyridine rings is 1. The van der Waals surface area contributed by atoms with Crippen molar-refractivity contribution in [2.75, 3.05) is 5.32 Å². The Balaban J connectivity index is 1.65. The summed E-state index contributed by atoms with van der Waals surface area (Å²) in [5.74, 6) is -0.605. The number of nitrogens with one attached hydrogen (secondary N) is 2. The van der Waals surface area contributed by atoms with E-state index in [1.54, 1.807) is 18.2 Å². The van der Waals surface area contributed by atoms with Gasteiger partial charge in [0.15, 0.2) is 0 Å². The van der Waals surface area contributed by atoms with E-state index in [1.807, 2.05) is 49.4 Å². The first-order valence-electron chi connectivity index (χ1n) is 8.28. The number of nitrogens with zero attached hydrogens (tertiary/aromatic N) is 1. The second-order valence-corrected chi connectivity index (χ2v) is 5.92. The van der Waals surface area contributed by atoms with Crippen molar-refractivity contribution in [2.24, 2.45) is 0 Å². The molecule has 5 heteroatoms. The number of para-hydroxylation sites is 1. The van der Waals surface area contributed by atoms with Gasteiger partial charge in [-0.25, -0.2) is 0 Å². The van der Waals surface area contributed by atoms with Crippen molar-refractivity contribution in [1.29, 1.82) is 0 Å². The van der Waals surface area contributed by atoms with Crippen LogP contribution in [-0.2, 0) is 6.54 Å². The van der Waals surface area contributed by atoms with Crippen LogP contribution in [-0.4, -0.2) is 16.8 Å². The van der Waals surface area contributed by atoms with Gasteiger partial charge in [0, 0.05) is 24.0 Å². The molecule has 0 fully saturated rings. The highest BCUT2D eigenvalue weighted by molar-refractivity contribution is 6.05. The highest BCUT2D eigenvalue weighted by atomic mass is 16.2. The van der Waals surface area contributed by atoms with Gasteiger partial charge >= 0.3 is 0 Å². The molecular weight excluding hydrogens is 326 g/mol. The van der Waals surface area contributed by atoms with E-state index in [0.717, 1.165) is 5.56 Å². The molecular formula is C21H19N3O2. The molecule has 130 valence electrons. The predicted molar refractivity (Wildman–Crippen MR) is 101 cm³/mol. The van der Waals surface area contributed by atoms with Gasteiger partial charge in [-0.05, 0) is 36.8 Å². The maximum Gasteiger partial charge on any atom is 0.270 e. The Morgan fingerprint density at radius 3 is 2.38 bits per heavy atom. The van der Waals surface area contributed by atoms with Crippen LogP contribution in [0.3, 0.4) is 0 Å². The molecule has 0 bridgehead atoms. The van der Waals surface area contributed by atoms with Gasteiger partial charge < -0.3 is 10.6 Å². The van der Waals surface area contributed by atoms with Crippen LogP contribution < -0.4 is 10.6 Å². The van der Waals surface area contributed by atoms with Gasteiger partial charge in [0.05, 0.1) is 0 Å². The molecule has 0 atom stereocenters. The van der Waals surface area contributed by atoms with Crippen LogP contribution in [0, 0.1) is 6.92 Å². The Bertz CT molecular complexity index is 906. The highest BCUT2D eigenvalue weighted by Gasteiger charge is 2.12. The van der Waals surface area contributed by atoms with Crippen molar-refractivity contribution >= 4 is 17.5 Å². The molecule has 3 rings (SSSR count). The fraction of sp³-hybridized carbons (Fsp3) is 0.0952. The smallest absolute Gasteiger partial charge is 0.270 e. The van der Waals surface area contributed by atoms with Gasteiger partial charge in [0.1, 0.15) is 5.69 Å². The van der Waals surface area contributed by atoms with Crippen molar-refractivity contribution in [1.82, 2.24) is 10.3 Å². The largest absolute Gasteiger partial charge is 0.347 e. The summed E-state index contributed by atoms with van der Waals surface area (Å²) in [5, 5.41) is 5.61. The summed E-state index contributed by atoms with van der Waals surface area (Å²) in [6, 6.07) is 20.1. The molecule has 2 amide bonds. The van der Waals surface area contributed by atoms with Gasteiger partial charge in [0.2, 0.25) is 0 Å². The third kappa shape index (κ3) is 4.54. The molecule has 0 saturated carbocycles. The Labute approximate surface area is 152 Å². The molecule has 3 aromatic rings. The second-order valence-electron chi connectivity index (χ2n) is 5.92. The number of anilines is 1. The summed E-state index contributed by atoms with van der Waals surface area (Å²) in [6.45, 7) is 2.42. The third-order valence-corrected chi connectivity index (χ3v) is 3.86. The van der Waals surface area contributed by atoms with Crippen LogP contribution in [0.2, 0.25) is 0 Å². The Morgan fingerprint density at radius 1 is 0.923 bits per heavy atom. The molecule has 0 aliphatic rings. The monoisotopic (exact) mass is 345 g/mol. The van der Waals surface area contributed by atoms with E-state index in [-0.39, 0.29) is 17.5 Å². The summed E-state index contributed by atoms with van der Waals surface area (Å²) < 4.78 is 0. The molecule has 0 aliphatic heterocycles. The Hall–Kier alpha value is -3.47. The van der Waals surface area contributed by atoms with Gasteiger partial charge in [-0.3, -0.25) is 14.6 Å². The average Bonchev–Trinajstić information content (AvgIpc) is 2.68. The number of carbonyl (C=O) groups excluding carboxylic acids is 2. The van der Waals surface area contributed by atoms with Crippen molar-refractivity contribution in [2.45, 2.75) is 13.5 Å². The first-order valence-corrected chi connectivity index (χ1v) is 8.28. The van der Waals surface area contributed by atoms with E-state index in [4.69, 9.17) is 0 Å². The SMILES string of the molecule is Cc1ccc(CNC(=O)c2cc(C(=O)Nc3ccccc3)ccn2)cc1. The molecule has 5 nitrogen and oxygen atoms in total. The number of carbonyl (C=O) groups is 2. The zero-order valence-electron chi connectivity index (χ0n) is 14.4. The topological polar surface area (TPSA) is 71.1 Å². The van der Waals surface area contributed by atoms with E-state index in [2.05, 4.69) is 15.6 Å². The van der Waals surface area contributed by atoms with E-state index in [1.165, 1.54) is 17.8 Å². The second kappa shape index (κ2) is 8.07. The third-order valence-electron chi connectivity index (χ3n) is 3.86. The fourth-order valence-corrected chi connectivity index (χ4v) is 2.40. The van der Waals surface area contributed by atoms with Crippen LogP contribution in [0.15, 0.2) is 72.9 Å². The summed E-state index contributed by atoms with van der Waals surface area (Å²) in [6.07, 6.45) is 1.46. The van der Waals surface area contributed by atoms with E-state index in [9.17, 15) is 9.59 Å². The predicted octanol–water partition coefficient (Wildman–Crippen LogP) is 3.57. The van der Waals surface area contributed by atoms with Crippen LogP contribution in [0.5, 0.6) is 0 Å². The number of hydrogen-bond acceptors (Lipinski definition) is 3. The molecule has 2 aromatic carbocycles. The van der Waals surface area contributed by atoms with Crippen LogP contribution >= 0.6 is 0 Å². The summed E-state index contributed by atoms with van der Waals surface area (Å²) >= 11 is 0. The zero-order chi connectivity index (χ0) is 18.4. The normalized spacial score (nSPS) is 10.2. The maximum absolute atomic E-state index is 12.3. The number of amides is 2. The number of aryl methyl sites for hydroxylation is 1. The lowest BCUT2D eigenvalue weighted by molar-refractivity contribution is 0.0946. The summed E-state index contributed by atoms with van der Waals surface area (Å²) in [7, 11) is 0. The lowest BCUT2D eigenvalue weighted by atomic mass is 10.1. The first kappa shape index (κ1) is 17.4. The van der Waals surface area contributed by atoms with Crippen LogP contribution in [0.1, 0.15) is 32.0 Å². The van der Waals surface area contributed by atoms with Gasteiger partial charge in [0.25, 0.3) is 11.8 Å². The standard InChI is InChI=1S/C21H19N3O2/c1-15-7-9-16(10-8-15)14-23-21(26)19-13-17(11-12-22-19)20(25)24-18-5-3-2-4-6-18/h2-13H,14H2,1H3,(H,23,26)(H,24,25). The number of hydrogen-bond donors (Lipinski definition) is 2. The zero-order valence-corrected chi connectivity index (χ0v) is 14.4. The van der Waals surface area contributed by atoms with Crippen molar-refractivity contribution in [3.63, 3.8) is 0 Å². The first-order chi connectivity index (χ1) is 12.6. The average molecular weight is 345 g/mol. The molecule has 0 aliphatic carbocycles. The minimum atomic E-state index is -0.320. The fourth-order valence-electron chi connectivity index (χ4n) is 2.40. The molecule has 0 unspecified atom stereocenters. The van der Waals surface area contributed by atoms with Gasteiger partial charge in [-0.15, -0.1) is 0 Å². The molecule has 1 aromatic heterocycles. The molecule has 0 saturated heterocycles. The Kier molecular flexibility index (Phi) is 5.39.